The highest BCUT2D eigenvalue weighted by atomic mass is 19.3. The lowest BCUT2D eigenvalue weighted by molar-refractivity contribution is 0.0522. The number of carbonyl (C=O) groups excluding carboxylic acids is 1. The van der Waals surface area contributed by atoms with E-state index in [4.69, 9.17) is 9.72 Å². The van der Waals surface area contributed by atoms with E-state index in [1.807, 2.05) is 6.20 Å². The van der Waals surface area contributed by atoms with Gasteiger partial charge in [-0.3, -0.25) is 4.68 Å². The fourth-order valence-corrected chi connectivity index (χ4v) is 3.42. The smallest absolute Gasteiger partial charge is 0.407 e. The number of rotatable bonds is 5. The minimum absolute atomic E-state index is 0.0832. The third kappa shape index (κ3) is 5.00. The molecule has 172 valence electrons. The van der Waals surface area contributed by atoms with Crippen molar-refractivity contribution in [3.63, 3.8) is 0 Å². The second-order valence-corrected chi connectivity index (χ2v) is 8.61. The van der Waals surface area contributed by atoms with Crippen molar-refractivity contribution in [3.8, 4) is 22.5 Å². The number of amides is 1. The van der Waals surface area contributed by atoms with Gasteiger partial charge in [-0.15, -0.1) is 0 Å². The van der Waals surface area contributed by atoms with Gasteiger partial charge in [-0.25, -0.2) is 23.1 Å². The van der Waals surface area contributed by atoms with Crippen LogP contribution in [0, 0.1) is 0 Å². The van der Waals surface area contributed by atoms with Crippen molar-refractivity contribution in [1.82, 2.24) is 29.7 Å². The van der Waals surface area contributed by atoms with Crippen molar-refractivity contribution in [2.75, 3.05) is 0 Å². The van der Waals surface area contributed by atoms with E-state index in [9.17, 15) is 13.6 Å². The number of ether oxygens (including phenoxy) is 1. The molecule has 3 heterocycles. The van der Waals surface area contributed by atoms with E-state index in [1.165, 1.54) is 6.07 Å². The number of nitrogens with zero attached hydrogens (tertiary/aromatic N) is 5. The van der Waals surface area contributed by atoms with Gasteiger partial charge in [-0.05, 0) is 38.5 Å². The highest BCUT2D eigenvalue weighted by Gasteiger charge is 2.20. The number of aryl methyl sites for hydroxylation is 1. The molecule has 8 nitrogen and oxygen atoms in total. The summed E-state index contributed by atoms with van der Waals surface area (Å²) in [7, 11) is 1.80. The molecule has 33 heavy (non-hydrogen) atoms. The van der Waals surface area contributed by atoms with Gasteiger partial charge in [0.2, 0.25) is 0 Å². The summed E-state index contributed by atoms with van der Waals surface area (Å²) in [5.41, 5.74) is 2.54. The number of fused-ring (bicyclic) bond motifs is 1. The molecule has 0 fully saturated rings. The van der Waals surface area contributed by atoms with E-state index in [0.29, 0.717) is 28.0 Å². The van der Waals surface area contributed by atoms with Gasteiger partial charge in [0.25, 0.3) is 6.43 Å². The molecular weight excluding hydrogens is 430 g/mol. The average Bonchev–Trinajstić information content (AvgIpc) is 3.39. The Morgan fingerprint density at radius 3 is 2.61 bits per heavy atom. The molecule has 0 unspecified atom stereocenters. The molecule has 1 N–H and O–H groups in total. The molecule has 4 rings (SSSR count). The summed E-state index contributed by atoms with van der Waals surface area (Å²) in [6, 6.07) is 6.45. The van der Waals surface area contributed by atoms with Gasteiger partial charge in [0.15, 0.2) is 0 Å². The molecule has 0 bridgehead atoms. The molecule has 0 aliphatic rings. The van der Waals surface area contributed by atoms with Crippen molar-refractivity contribution in [2.24, 2.45) is 7.05 Å². The summed E-state index contributed by atoms with van der Waals surface area (Å²) in [6.07, 6.45) is 3.49. The lowest BCUT2D eigenvalue weighted by atomic mass is 10.0. The van der Waals surface area contributed by atoms with Crippen LogP contribution in [-0.2, 0) is 18.3 Å². The van der Waals surface area contributed by atoms with E-state index in [2.05, 4.69) is 15.5 Å². The van der Waals surface area contributed by atoms with Crippen molar-refractivity contribution >= 4 is 11.6 Å². The molecule has 0 aliphatic carbocycles. The monoisotopic (exact) mass is 454 g/mol. The van der Waals surface area contributed by atoms with Crippen molar-refractivity contribution in [3.05, 3.63) is 60.2 Å². The Balaban J connectivity index is 1.70. The van der Waals surface area contributed by atoms with Gasteiger partial charge in [0.05, 0.1) is 35.5 Å². The maximum absolute atomic E-state index is 13.9. The first-order chi connectivity index (χ1) is 15.6. The largest absolute Gasteiger partial charge is 0.444 e. The van der Waals surface area contributed by atoms with Gasteiger partial charge in [-0.2, -0.15) is 10.2 Å². The van der Waals surface area contributed by atoms with Crippen LogP contribution in [-0.4, -0.2) is 36.1 Å². The number of benzene rings is 1. The highest BCUT2D eigenvalue weighted by molar-refractivity contribution is 5.79. The lowest BCUT2D eigenvalue weighted by Gasteiger charge is -2.20. The second kappa shape index (κ2) is 8.61. The average molecular weight is 454 g/mol. The number of alkyl halides is 2. The molecule has 0 saturated heterocycles. The third-order valence-electron chi connectivity index (χ3n) is 4.87. The maximum atomic E-state index is 13.9. The number of alkyl carbamates (subject to hydrolysis) is 1. The SMILES string of the molecule is Cn1cc(-c2cn3nccc3c(-c3ccc(CNC(=O)OC(C)(C)C)c(C(F)F)c3)n2)cn1. The summed E-state index contributed by atoms with van der Waals surface area (Å²) in [5.74, 6) is 0. The van der Waals surface area contributed by atoms with Crippen LogP contribution in [0.3, 0.4) is 0 Å². The summed E-state index contributed by atoms with van der Waals surface area (Å²) in [4.78, 5) is 16.7. The molecule has 1 amide bonds. The Morgan fingerprint density at radius 2 is 1.94 bits per heavy atom. The minimum Gasteiger partial charge on any atom is -0.444 e. The Morgan fingerprint density at radius 1 is 1.15 bits per heavy atom. The van der Waals surface area contributed by atoms with Gasteiger partial charge in [0, 0.05) is 36.5 Å². The predicted molar refractivity (Wildman–Crippen MR) is 119 cm³/mol. The van der Waals surface area contributed by atoms with E-state index in [0.717, 1.165) is 5.56 Å². The fourth-order valence-electron chi connectivity index (χ4n) is 3.42. The van der Waals surface area contributed by atoms with Crippen LogP contribution in [0.1, 0.15) is 38.3 Å². The zero-order valence-corrected chi connectivity index (χ0v) is 18.7. The van der Waals surface area contributed by atoms with E-state index >= 15 is 0 Å². The van der Waals surface area contributed by atoms with Crippen molar-refractivity contribution in [1.29, 1.82) is 0 Å². The Bertz CT molecular complexity index is 1310. The number of nitrogens with one attached hydrogen (secondary N) is 1. The summed E-state index contributed by atoms with van der Waals surface area (Å²) in [5, 5.41) is 11.0. The standard InChI is InChI=1S/C23H24F2N6O2/c1-23(2,3)33-22(32)26-10-15-6-5-14(9-17(15)21(24)25)20-19-7-8-27-31(19)13-18(29-20)16-11-28-30(4)12-16/h5-9,11-13,21H,10H2,1-4H3,(H,26,32). The van der Waals surface area contributed by atoms with Crippen molar-refractivity contribution in [2.45, 2.75) is 39.3 Å². The molecule has 10 heteroatoms. The zero-order valence-electron chi connectivity index (χ0n) is 18.7. The fraction of sp³-hybridized carbons (Fsp3) is 0.304. The molecule has 0 saturated carbocycles. The van der Waals surface area contributed by atoms with Crippen LogP contribution in [0.4, 0.5) is 13.6 Å². The van der Waals surface area contributed by atoms with Crippen molar-refractivity contribution < 1.29 is 18.3 Å². The first kappa shape index (κ1) is 22.4. The van der Waals surface area contributed by atoms with Gasteiger partial charge in [0.1, 0.15) is 5.60 Å². The molecule has 1 aromatic carbocycles. The zero-order chi connectivity index (χ0) is 23.8. The third-order valence-corrected chi connectivity index (χ3v) is 4.87. The first-order valence-electron chi connectivity index (χ1n) is 10.3. The predicted octanol–water partition coefficient (Wildman–Crippen LogP) is 4.76. The topological polar surface area (TPSA) is 86.3 Å². The number of hydrogen-bond acceptors (Lipinski definition) is 5. The second-order valence-electron chi connectivity index (χ2n) is 8.61. The molecule has 0 spiro atoms. The highest BCUT2D eigenvalue weighted by Crippen LogP contribution is 2.31. The van der Waals surface area contributed by atoms with Crippen LogP contribution in [0.5, 0.6) is 0 Å². The van der Waals surface area contributed by atoms with Crippen LogP contribution in [0.25, 0.3) is 28.0 Å². The molecule has 0 atom stereocenters. The Labute approximate surface area is 189 Å². The summed E-state index contributed by atoms with van der Waals surface area (Å²) < 4.78 is 36.4. The van der Waals surface area contributed by atoms with Gasteiger partial charge < -0.3 is 10.1 Å². The van der Waals surface area contributed by atoms with Crippen LogP contribution in [0.15, 0.2) is 49.1 Å². The molecule has 3 aromatic heterocycles. The van der Waals surface area contributed by atoms with E-state index in [1.54, 1.807) is 73.8 Å². The summed E-state index contributed by atoms with van der Waals surface area (Å²) in [6.45, 7) is 5.11. The number of halogens is 2. The Hall–Kier alpha value is -3.82. The minimum atomic E-state index is -2.73. The molecule has 0 radical (unpaired) electrons. The maximum Gasteiger partial charge on any atom is 0.407 e. The van der Waals surface area contributed by atoms with E-state index < -0.39 is 18.1 Å². The molecule has 0 aliphatic heterocycles. The summed E-state index contributed by atoms with van der Waals surface area (Å²) >= 11 is 0. The van der Waals surface area contributed by atoms with Gasteiger partial charge in [-0.1, -0.05) is 12.1 Å². The molecular formula is C23H24F2N6O2. The van der Waals surface area contributed by atoms with Gasteiger partial charge >= 0.3 is 6.09 Å². The van der Waals surface area contributed by atoms with Crippen LogP contribution >= 0.6 is 0 Å². The first-order valence-corrected chi connectivity index (χ1v) is 10.3. The molecule has 4 aromatic rings. The normalized spacial score (nSPS) is 11.8. The number of carbonyl (C=O) groups is 1. The Kier molecular flexibility index (Phi) is 5.84. The number of hydrogen-bond donors (Lipinski definition) is 1. The number of aromatic nitrogens is 5. The lowest BCUT2D eigenvalue weighted by Crippen LogP contribution is -2.32. The van der Waals surface area contributed by atoms with Crippen LogP contribution in [0.2, 0.25) is 0 Å². The van der Waals surface area contributed by atoms with Crippen LogP contribution < -0.4 is 5.32 Å². The van der Waals surface area contributed by atoms with E-state index in [-0.39, 0.29) is 12.1 Å². The quantitative estimate of drug-likeness (QED) is 0.470.